The number of benzene rings is 2. The second-order valence-corrected chi connectivity index (χ2v) is 9.16. The lowest BCUT2D eigenvalue weighted by atomic mass is 10.0. The summed E-state index contributed by atoms with van der Waals surface area (Å²) in [5.74, 6) is -0.692. The molecule has 0 spiro atoms. The normalized spacial score (nSPS) is 12.4. The summed E-state index contributed by atoms with van der Waals surface area (Å²) in [7, 11) is 0. The first-order valence-corrected chi connectivity index (χ1v) is 12.0. The molecule has 0 aliphatic carbocycles. The monoisotopic (exact) mass is 505 g/mol. The Hall–Kier alpha value is -3.20. The number of carbonyl (C=O) groups is 2. The van der Waals surface area contributed by atoms with Gasteiger partial charge in [0.15, 0.2) is 11.9 Å². The van der Waals surface area contributed by atoms with E-state index in [-0.39, 0.29) is 12.2 Å². The number of thiazole rings is 1. The van der Waals surface area contributed by atoms with E-state index in [0.717, 1.165) is 22.7 Å². The smallest absolute Gasteiger partial charge is 0.416 e. The van der Waals surface area contributed by atoms with Gasteiger partial charge < -0.3 is 9.84 Å². The Morgan fingerprint density at radius 3 is 2.34 bits per heavy atom. The Kier molecular flexibility index (Phi) is 8.32. The number of hydrogen-bond donors (Lipinski definition) is 1. The van der Waals surface area contributed by atoms with E-state index in [9.17, 15) is 27.9 Å². The molecule has 35 heavy (non-hydrogen) atoms. The lowest BCUT2D eigenvalue weighted by molar-refractivity contribution is -0.145. The van der Waals surface area contributed by atoms with Gasteiger partial charge in [0.05, 0.1) is 11.3 Å². The van der Waals surface area contributed by atoms with E-state index in [1.165, 1.54) is 23.5 Å². The van der Waals surface area contributed by atoms with Crippen molar-refractivity contribution in [3.05, 3.63) is 69.7 Å². The number of aromatic nitrogens is 1. The van der Waals surface area contributed by atoms with Crippen molar-refractivity contribution in [2.45, 2.75) is 58.7 Å². The first-order valence-electron chi connectivity index (χ1n) is 11.2. The molecule has 1 unspecified atom stereocenters. The summed E-state index contributed by atoms with van der Waals surface area (Å²) in [5.41, 5.74) is 1.90. The SMILES string of the molecule is CCc1nc(-c2ccc(C(F)(F)F)cc2)sc1CCC(=O)c1ccc(OC(CC)C(=O)O)c(C)c1. The largest absolute Gasteiger partial charge is 0.479 e. The maximum atomic E-state index is 12.8. The number of hydrogen-bond acceptors (Lipinski definition) is 5. The zero-order valence-electron chi connectivity index (χ0n) is 19.6. The molecule has 0 aliphatic rings. The molecule has 2 aromatic carbocycles. The summed E-state index contributed by atoms with van der Waals surface area (Å²) >= 11 is 1.39. The van der Waals surface area contributed by atoms with Crippen LogP contribution in [-0.2, 0) is 23.8 Å². The molecule has 1 heterocycles. The fourth-order valence-corrected chi connectivity index (χ4v) is 4.72. The van der Waals surface area contributed by atoms with Crippen LogP contribution >= 0.6 is 11.3 Å². The van der Waals surface area contributed by atoms with Crippen LogP contribution in [0.15, 0.2) is 42.5 Å². The average Bonchev–Trinajstić information content (AvgIpc) is 3.24. The number of aryl methyl sites for hydroxylation is 3. The van der Waals surface area contributed by atoms with Crippen molar-refractivity contribution in [1.29, 1.82) is 0 Å². The van der Waals surface area contributed by atoms with Crippen LogP contribution in [0, 0.1) is 6.92 Å². The number of carboxylic acid groups (broad SMARTS) is 1. The summed E-state index contributed by atoms with van der Waals surface area (Å²) in [6, 6.07) is 9.83. The van der Waals surface area contributed by atoms with E-state index >= 15 is 0 Å². The van der Waals surface area contributed by atoms with Gasteiger partial charge >= 0.3 is 12.1 Å². The maximum absolute atomic E-state index is 12.8. The van der Waals surface area contributed by atoms with Gasteiger partial charge in [-0.3, -0.25) is 4.79 Å². The Morgan fingerprint density at radius 1 is 1.11 bits per heavy atom. The van der Waals surface area contributed by atoms with Gasteiger partial charge in [0, 0.05) is 22.4 Å². The molecule has 0 saturated carbocycles. The molecule has 0 amide bonds. The number of rotatable bonds is 10. The predicted octanol–water partition coefficient (Wildman–Crippen LogP) is 6.76. The predicted molar refractivity (Wildman–Crippen MR) is 128 cm³/mol. The van der Waals surface area contributed by atoms with Crippen LogP contribution in [0.3, 0.4) is 0 Å². The molecule has 0 aliphatic heterocycles. The Balaban J connectivity index is 1.70. The number of halogens is 3. The highest BCUT2D eigenvalue weighted by Crippen LogP contribution is 2.34. The zero-order valence-corrected chi connectivity index (χ0v) is 20.4. The van der Waals surface area contributed by atoms with Crippen LogP contribution in [0.1, 0.15) is 58.7 Å². The van der Waals surface area contributed by atoms with Crippen molar-refractivity contribution < 1.29 is 32.6 Å². The highest BCUT2D eigenvalue weighted by atomic mass is 32.1. The van der Waals surface area contributed by atoms with Crippen LogP contribution in [0.4, 0.5) is 13.2 Å². The first-order chi connectivity index (χ1) is 16.5. The van der Waals surface area contributed by atoms with Crippen molar-refractivity contribution in [3.63, 3.8) is 0 Å². The molecular formula is C26H26F3NO4S. The van der Waals surface area contributed by atoms with Crippen LogP contribution in [0.5, 0.6) is 5.75 Å². The summed E-state index contributed by atoms with van der Waals surface area (Å²) < 4.78 is 44.1. The minimum Gasteiger partial charge on any atom is -0.479 e. The molecule has 1 atom stereocenters. The molecule has 0 fully saturated rings. The van der Waals surface area contributed by atoms with Crippen LogP contribution in [-0.4, -0.2) is 27.9 Å². The Bertz CT molecular complexity index is 1200. The lowest BCUT2D eigenvalue weighted by Crippen LogP contribution is -2.26. The van der Waals surface area contributed by atoms with Gasteiger partial charge in [-0.2, -0.15) is 13.2 Å². The number of carboxylic acids is 1. The number of nitrogens with zero attached hydrogens (tertiary/aromatic N) is 1. The first kappa shape index (κ1) is 26.4. The number of alkyl halides is 3. The fraction of sp³-hybridized carbons (Fsp3) is 0.346. The number of ketones is 1. The molecule has 3 aromatic rings. The van der Waals surface area contributed by atoms with Crippen LogP contribution < -0.4 is 4.74 Å². The Morgan fingerprint density at radius 2 is 1.80 bits per heavy atom. The van der Waals surface area contributed by atoms with Crippen molar-refractivity contribution in [2.75, 3.05) is 0 Å². The highest BCUT2D eigenvalue weighted by Gasteiger charge is 2.30. The van der Waals surface area contributed by atoms with Gasteiger partial charge in [-0.1, -0.05) is 26.0 Å². The van der Waals surface area contributed by atoms with Crippen molar-refractivity contribution in [1.82, 2.24) is 4.98 Å². The van der Waals surface area contributed by atoms with E-state index in [1.807, 2.05) is 6.92 Å². The molecule has 0 bridgehead atoms. The summed E-state index contributed by atoms with van der Waals surface area (Å²) in [6.45, 7) is 5.42. The third-order valence-electron chi connectivity index (χ3n) is 5.56. The van der Waals surface area contributed by atoms with Gasteiger partial charge in [-0.25, -0.2) is 9.78 Å². The van der Waals surface area contributed by atoms with Crippen LogP contribution in [0.25, 0.3) is 10.6 Å². The fourth-order valence-electron chi connectivity index (χ4n) is 3.57. The second-order valence-electron chi connectivity index (χ2n) is 8.07. The van der Waals surface area contributed by atoms with Gasteiger partial charge in [-0.15, -0.1) is 11.3 Å². The second kappa shape index (κ2) is 11.0. The molecule has 0 radical (unpaired) electrons. The minimum absolute atomic E-state index is 0.0727. The van der Waals surface area contributed by atoms with E-state index < -0.39 is 23.8 Å². The Labute approximate surface area is 205 Å². The van der Waals surface area contributed by atoms with E-state index in [0.29, 0.717) is 46.7 Å². The topological polar surface area (TPSA) is 76.5 Å². The molecular weight excluding hydrogens is 479 g/mol. The summed E-state index contributed by atoms with van der Waals surface area (Å²) in [5, 5.41) is 9.80. The molecule has 3 rings (SSSR count). The molecule has 1 aromatic heterocycles. The van der Waals surface area contributed by atoms with Crippen molar-refractivity contribution in [3.8, 4) is 16.3 Å². The lowest BCUT2D eigenvalue weighted by Gasteiger charge is -2.15. The third-order valence-corrected chi connectivity index (χ3v) is 6.77. The van der Waals surface area contributed by atoms with E-state index in [1.54, 1.807) is 32.0 Å². The van der Waals surface area contributed by atoms with Gasteiger partial charge in [0.25, 0.3) is 0 Å². The van der Waals surface area contributed by atoms with Gasteiger partial charge in [-0.05, 0) is 62.1 Å². The number of carbonyl (C=O) groups excluding carboxylic acids is 1. The van der Waals surface area contributed by atoms with Gasteiger partial charge in [0.2, 0.25) is 0 Å². The minimum atomic E-state index is -4.39. The molecule has 1 N–H and O–H groups in total. The van der Waals surface area contributed by atoms with Crippen molar-refractivity contribution in [2.24, 2.45) is 0 Å². The zero-order chi connectivity index (χ0) is 25.8. The summed E-state index contributed by atoms with van der Waals surface area (Å²) in [4.78, 5) is 29.5. The number of ether oxygens (including phenoxy) is 1. The van der Waals surface area contributed by atoms with Gasteiger partial charge in [0.1, 0.15) is 10.8 Å². The maximum Gasteiger partial charge on any atom is 0.416 e. The van der Waals surface area contributed by atoms with Crippen molar-refractivity contribution >= 4 is 23.1 Å². The quantitative estimate of drug-likeness (QED) is 0.308. The highest BCUT2D eigenvalue weighted by molar-refractivity contribution is 7.15. The third kappa shape index (κ3) is 6.48. The molecule has 186 valence electrons. The number of aliphatic carboxylic acids is 1. The number of Topliss-reactive ketones (excluding diaryl/α,β-unsaturated/α-hetero) is 1. The molecule has 5 nitrogen and oxygen atoms in total. The van der Waals surface area contributed by atoms with E-state index in [4.69, 9.17) is 4.74 Å². The molecule has 0 saturated heterocycles. The average molecular weight is 506 g/mol. The van der Waals surface area contributed by atoms with E-state index in [2.05, 4.69) is 4.98 Å². The summed E-state index contributed by atoms with van der Waals surface area (Å²) in [6.07, 6.45) is -3.67. The standard InChI is InChI=1S/C26H26F3NO4S/c1-4-19-23(35-24(30-19)16-6-9-18(10-7-16)26(27,28)29)13-11-20(31)17-8-12-22(15(3)14-17)34-21(5-2)25(32)33/h6-10,12,14,21H,4-5,11,13H2,1-3H3,(H,32,33). The molecule has 9 heteroatoms. The van der Waals surface area contributed by atoms with Crippen LogP contribution in [0.2, 0.25) is 0 Å².